The molecule has 1 saturated heterocycles. The lowest BCUT2D eigenvalue weighted by molar-refractivity contribution is 0.0109. The van der Waals surface area contributed by atoms with Gasteiger partial charge in [-0.1, -0.05) is 6.92 Å². The average molecular weight is 214 g/mol. The van der Waals surface area contributed by atoms with Crippen molar-refractivity contribution in [2.45, 2.75) is 58.2 Å². The van der Waals surface area contributed by atoms with Gasteiger partial charge >= 0.3 is 0 Å². The molecular weight excluding hydrogens is 188 g/mol. The molecular formula is C12H26N2O. The molecule has 0 saturated carbocycles. The summed E-state index contributed by atoms with van der Waals surface area (Å²) in [6.45, 7) is 11.3. The summed E-state index contributed by atoms with van der Waals surface area (Å²) < 4.78 is 0. The van der Waals surface area contributed by atoms with E-state index in [1.54, 1.807) is 0 Å². The van der Waals surface area contributed by atoms with E-state index in [2.05, 4.69) is 37.9 Å². The molecule has 15 heavy (non-hydrogen) atoms. The standard InChI is InChI=1S/C12H26N2O/c1-5-10(2)14-11(9-15)8-13-7-6-12(14,3)4/h10-11,13,15H,5-9H2,1-4H3. The molecule has 0 amide bonds. The van der Waals surface area contributed by atoms with Gasteiger partial charge in [-0.3, -0.25) is 4.90 Å². The smallest absolute Gasteiger partial charge is 0.0599 e. The molecule has 0 aliphatic carbocycles. The molecule has 0 radical (unpaired) electrons. The van der Waals surface area contributed by atoms with Gasteiger partial charge in [0.2, 0.25) is 0 Å². The monoisotopic (exact) mass is 214 g/mol. The highest BCUT2D eigenvalue weighted by Crippen LogP contribution is 2.27. The van der Waals surface area contributed by atoms with Crippen LogP contribution in [0.1, 0.15) is 40.5 Å². The van der Waals surface area contributed by atoms with Crippen LogP contribution >= 0.6 is 0 Å². The van der Waals surface area contributed by atoms with E-state index in [1.807, 2.05) is 0 Å². The first-order valence-corrected chi connectivity index (χ1v) is 6.13. The molecule has 3 nitrogen and oxygen atoms in total. The molecule has 2 unspecified atom stereocenters. The summed E-state index contributed by atoms with van der Waals surface area (Å²) in [5.41, 5.74) is 0.187. The van der Waals surface area contributed by atoms with Crippen LogP contribution in [0.25, 0.3) is 0 Å². The van der Waals surface area contributed by atoms with Crippen molar-refractivity contribution in [3.05, 3.63) is 0 Å². The van der Waals surface area contributed by atoms with Crippen molar-refractivity contribution in [2.75, 3.05) is 19.7 Å². The van der Waals surface area contributed by atoms with Crippen LogP contribution in [-0.2, 0) is 0 Å². The summed E-state index contributed by atoms with van der Waals surface area (Å²) >= 11 is 0. The van der Waals surface area contributed by atoms with Gasteiger partial charge in [0.05, 0.1) is 6.61 Å². The van der Waals surface area contributed by atoms with Crippen LogP contribution in [-0.4, -0.2) is 47.3 Å². The van der Waals surface area contributed by atoms with Crippen molar-refractivity contribution >= 4 is 0 Å². The summed E-state index contributed by atoms with van der Waals surface area (Å²) in [6.07, 6.45) is 2.29. The van der Waals surface area contributed by atoms with E-state index in [9.17, 15) is 5.11 Å². The second-order valence-corrected chi connectivity index (χ2v) is 5.27. The van der Waals surface area contributed by atoms with Crippen LogP contribution in [0.3, 0.4) is 0 Å². The Bertz CT molecular complexity index is 194. The fourth-order valence-electron chi connectivity index (χ4n) is 2.69. The Kier molecular flexibility index (Phi) is 4.56. The van der Waals surface area contributed by atoms with Crippen LogP contribution < -0.4 is 5.32 Å². The lowest BCUT2D eigenvalue weighted by atomic mass is 9.94. The molecule has 0 aromatic carbocycles. The average Bonchev–Trinajstić information content (AvgIpc) is 2.35. The number of hydrogen-bond acceptors (Lipinski definition) is 3. The number of nitrogens with zero attached hydrogens (tertiary/aromatic N) is 1. The van der Waals surface area contributed by atoms with Gasteiger partial charge in [0, 0.05) is 24.2 Å². The number of rotatable bonds is 3. The van der Waals surface area contributed by atoms with Gasteiger partial charge < -0.3 is 10.4 Å². The van der Waals surface area contributed by atoms with E-state index in [0.717, 1.165) is 25.9 Å². The topological polar surface area (TPSA) is 35.5 Å². The van der Waals surface area contributed by atoms with E-state index in [1.165, 1.54) is 0 Å². The molecule has 0 aromatic heterocycles. The Labute approximate surface area is 93.9 Å². The van der Waals surface area contributed by atoms with Crippen molar-refractivity contribution in [1.29, 1.82) is 0 Å². The van der Waals surface area contributed by atoms with E-state index >= 15 is 0 Å². The molecule has 1 aliphatic heterocycles. The van der Waals surface area contributed by atoms with E-state index in [-0.39, 0.29) is 18.2 Å². The molecule has 1 fully saturated rings. The number of aliphatic hydroxyl groups excluding tert-OH is 1. The van der Waals surface area contributed by atoms with Gasteiger partial charge in [-0.15, -0.1) is 0 Å². The first-order valence-electron chi connectivity index (χ1n) is 6.13. The van der Waals surface area contributed by atoms with Gasteiger partial charge in [0.1, 0.15) is 0 Å². The summed E-state index contributed by atoms with van der Waals surface area (Å²) in [5.74, 6) is 0. The highest BCUT2D eigenvalue weighted by Gasteiger charge is 2.36. The maximum atomic E-state index is 9.48. The van der Waals surface area contributed by atoms with Gasteiger partial charge in [-0.2, -0.15) is 0 Å². The Hall–Kier alpha value is -0.120. The largest absolute Gasteiger partial charge is 0.395 e. The maximum absolute atomic E-state index is 9.48. The highest BCUT2D eigenvalue weighted by atomic mass is 16.3. The molecule has 90 valence electrons. The summed E-state index contributed by atoms with van der Waals surface area (Å²) in [6, 6.07) is 0.800. The van der Waals surface area contributed by atoms with Crippen molar-refractivity contribution < 1.29 is 5.11 Å². The Morgan fingerprint density at radius 3 is 2.73 bits per heavy atom. The van der Waals surface area contributed by atoms with Crippen LogP contribution in [0, 0.1) is 0 Å². The van der Waals surface area contributed by atoms with Crippen LogP contribution in [0.2, 0.25) is 0 Å². The predicted octanol–water partition coefficient (Wildman–Crippen LogP) is 1.22. The molecule has 0 bridgehead atoms. The zero-order valence-corrected chi connectivity index (χ0v) is 10.6. The molecule has 1 heterocycles. The van der Waals surface area contributed by atoms with E-state index < -0.39 is 0 Å². The van der Waals surface area contributed by atoms with Crippen LogP contribution in [0.15, 0.2) is 0 Å². The minimum absolute atomic E-state index is 0.187. The fraction of sp³-hybridized carbons (Fsp3) is 1.00. The highest BCUT2D eigenvalue weighted by molar-refractivity contribution is 4.93. The quantitative estimate of drug-likeness (QED) is 0.741. The fourth-order valence-corrected chi connectivity index (χ4v) is 2.69. The minimum Gasteiger partial charge on any atom is -0.395 e. The van der Waals surface area contributed by atoms with Crippen molar-refractivity contribution in [3.8, 4) is 0 Å². The van der Waals surface area contributed by atoms with Gasteiger partial charge in [-0.25, -0.2) is 0 Å². The lowest BCUT2D eigenvalue weighted by Crippen LogP contribution is -2.56. The third-order valence-corrected chi connectivity index (χ3v) is 3.66. The zero-order chi connectivity index (χ0) is 11.5. The normalized spacial score (nSPS) is 29.8. The SMILES string of the molecule is CCC(C)N1C(CO)CNCCC1(C)C. The van der Waals surface area contributed by atoms with Crippen molar-refractivity contribution in [2.24, 2.45) is 0 Å². The van der Waals surface area contributed by atoms with Crippen molar-refractivity contribution in [3.63, 3.8) is 0 Å². The summed E-state index contributed by atoms with van der Waals surface area (Å²) in [4.78, 5) is 2.49. The van der Waals surface area contributed by atoms with Gasteiger partial charge in [0.25, 0.3) is 0 Å². The van der Waals surface area contributed by atoms with Crippen LogP contribution in [0.4, 0.5) is 0 Å². The second-order valence-electron chi connectivity index (χ2n) is 5.27. The third-order valence-electron chi connectivity index (χ3n) is 3.66. The first kappa shape index (κ1) is 12.9. The Morgan fingerprint density at radius 2 is 2.20 bits per heavy atom. The van der Waals surface area contributed by atoms with E-state index in [4.69, 9.17) is 0 Å². The first-order chi connectivity index (χ1) is 7.03. The van der Waals surface area contributed by atoms with Gasteiger partial charge in [0.15, 0.2) is 0 Å². The van der Waals surface area contributed by atoms with E-state index in [0.29, 0.717) is 6.04 Å². The molecule has 2 N–H and O–H groups in total. The Morgan fingerprint density at radius 1 is 1.53 bits per heavy atom. The number of aliphatic hydroxyl groups is 1. The molecule has 0 spiro atoms. The van der Waals surface area contributed by atoms with Crippen LogP contribution in [0.5, 0.6) is 0 Å². The maximum Gasteiger partial charge on any atom is 0.0599 e. The summed E-state index contributed by atoms with van der Waals surface area (Å²) in [7, 11) is 0. The predicted molar refractivity (Wildman–Crippen MR) is 64.0 cm³/mol. The number of nitrogens with one attached hydrogen (secondary N) is 1. The molecule has 1 aliphatic rings. The summed E-state index contributed by atoms with van der Waals surface area (Å²) in [5, 5.41) is 12.9. The molecule has 2 atom stereocenters. The van der Waals surface area contributed by atoms with Crippen molar-refractivity contribution in [1.82, 2.24) is 10.2 Å². The third kappa shape index (κ3) is 2.92. The zero-order valence-electron chi connectivity index (χ0n) is 10.6. The Balaban J connectivity index is 2.86. The number of hydrogen-bond donors (Lipinski definition) is 2. The minimum atomic E-state index is 0.187. The van der Waals surface area contributed by atoms with Gasteiger partial charge in [-0.05, 0) is 40.2 Å². The lowest BCUT2D eigenvalue weighted by Gasteiger charge is -2.45. The second kappa shape index (κ2) is 5.28. The molecule has 3 heteroatoms. The molecule has 0 aromatic rings. The molecule has 1 rings (SSSR count).